The van der Waals surface area contributed by atoms with Gasteiger partial charge in [0, 0.05) is 31.1 Å². The molecule has 4 heterocycles. The summed E-state index contributed by atoms with van der Waals surface area (Å²) < 4.78 is 20.9. The second-order valence-electron chi connectivity index (χ2n) is 10.6. The third kappa shape index (κ3) is 4.52. The Hall–Kier alpha value is -2.84. The molecule has 190 valence electrons. The SMILES string of the molecule is O=C(O)c1cc(C2CCN(CC3CCOCC3)CC2)c2c(C3CCC3)nn(-c3ccc(F)cc3)c2n1. The van der Waals surface area contributed by atoms with Gasteiger partial charge in [-0.15, -0.1) is 0 Å². The summed E-state index contributed by atoms with van der Waals surface area (Å²) >= 11 is 0. The van der Waals surface area contributed by atoms with Crippen molar-refractivity contribution >= 4 is 17.0 Å². The first-order valence-corrected chi connectivity index (χ1v) is 13.3. The Morgan fingerprint density at radius 2 is 1.75 bits per heavy atom. The van der Waals surface area contributed by atoms with Gasteiger partial charge in [-0.3, -0.25) is 0 Å². The first kappa shape index (κ1) is 23.6. The molecule has 0 atom stereocenters. The number of carboxylic acid groups (broad SMARTS) is 1. The van der Waals surface area contributed by atoms with E-state index in [0.29, 0.717) is 23.2 Å². The number of carbonyl (C=O) groups is 1. The summed E-state index contributed by atoms with van der Waals surface area (Å²) in [6, 6.07) is 7.96. The minimum atomic E-state index is -1.04. The summed E-state index contributed by atoms with van der Waals surface area (Å²) in [6.07, 6.45) is 7.61. The van der Waals surface area contributed by atoms with Gasteiger partial charge in [-0.05, 0) is 99.3 Å². The Morgan fingerprint density at radius 3 is 2.39 bits per heavy atom. The van der Waals surface area contributed by atoms with Gasteiger partial charge in [0.2, 0.25) is 0 Å². The van der Waals surface area contributed by atoms with E-state index in [1.807, 2.05) is 0 Å². The summed E-state index contributed by atoms with van der Waals surface area (Å²) in [5.41, 5.74) is 3.40. The standard InChI is InChI=1S/C28H33FN4O3/c29-21-4-6-22(7-5-21)33-27-25(26(31-33)20-2-1-3-20)23(16-24(30-27)28(34)35)19-8-12-32(13-9-19)17-18-10-14-36-15-11-18/h4-7,16,18-20H,1-3,8-15,17H2,(H,34,35). The van der Waals surface area contributed by atoms with Crippen LogP contribution in [0.25, 0.3) is 16.7 Å². The van der Waals surface area contributed by atoms with Crippen molar-refractivity contribution in [2.75, 3.05) is 32.8 Å². The van der Waals surface area contributed by atoms with Crippen molar-refractivity contribution in [2.45, 2.75) is 56.8 Å². The van der Waals surface area contributed by atoms with E-state index in [0.717, 1.165) is 88.0 Å². The first-order valence-electron chi connectivity index (χ1n) is 13.3. The Morgan fingerprint density at radius 1 is 1.03 bits per heavy atom. The smallest absolute Gasteiger partial charge is 0.354 e. The summed E-state index contributed by atoms with van der Waals surface area (Å²) in [5, 5.41) is 15.9. The molecule has 0 bridgehead atoms. The lowest BCUT2D eigenvalue weighted by Gasteiger charge is -2.36. The predicted molar refractivity (Wildman–Crippen MR) is 134 cm³/mol. The lowest BCUT2D eigenvalue weighted by atomic mass is 9.79. The number of aromatic nitrogens is 3. The van der Waals surface area contributed by atoms with Gasteiger partial charge in [-0.2, -0.15) is 5.10 Å². The molecule has 1 saturated carbocycles. The Labute approximate surface area is 210 Å². The number of ether oxygens (including phenoxy) is 1. The molecule has 8 heteroatoms. The lowest BCUT2D eigenvalue weighted by Crippen LogP contribution is -2.38. The van der Waals surface area contributed by atoms with Crippen molar-refractivity contribution in [3.05, 3.63) is 53.1 Å². The Balaban J connectivity index is 1.37. The fourth-order valence-electron chi connectivity index (χ4n) is 6.05. The molecule has 36 heavy (non-hydrogen) atoms. The van der Waals surface area contributed by atoms with Gasteiger partial charge in [-0.25, -0.2) is 18.9 Å². The molecule has 6 rings (SSSR count). The van der Waals surface area contributed by atoms with Gasteiger partial charge in [0.05, 0.1) is 11.4 Å². The van der Waals surface area contributed by atoms with Crippen LogP contribution in [0.2, 0.25) is 0 Å². The van der Waals surface area contributed by atoms with Crippen molar-refractivity contribution in [3.63, 3.8) is 0 Å². The molecule has 7 nitrogen and oxygen atoms in total. The molecule has 3 aliphatic rings. The number of hydrogen-bond donors (Lipinski definition) is 1. The Kier molecular flexibility index (Phi) is 6.48. The number of nitrogens with zero attached hydrogens (tertiary/aromatic N) is 4. The molecule has 3 fully saturated rings. The number of benzene rings is 1. The second kappa shape index (κ2) is 9.90. The predicted octanol–water partition coefficient (Wildman–Crippen LogP) is 5.13. The third-order valence-corrected chi connectivity index (χ3v) is 8.36. The van der Waals surface area contributed by atoms with E-state index >= 15 is 0 Å². The van der Waals surface area contributed by atoms with E-state index < -0.39 is 5.97 Å². The van der Waals surface area contributed by atoms with E-state index in [2.05, 4.69) is 9.88 Å². The number of likely N-dealkylation sites (tertiary alicyclic amines) is 1. The van der Waals surface area contributed by atoms with Crippen LogP contribution in [0.15, 0.2) is 30.3 Å². The van der Waals surface area contributed by atoms with Gasteiger partial charge in [0.25, 0.3) is 0 Å². The van der Waals surface area contributed by atoms with Crippen molar-refractivity contribution in [2.24, 2.45) is 5.92 Å². The zero-order valence-electron chi connectivity index (χ0n) is 20.5. The molecular formula is C28H33FN4O3. The summed E-state index contributed by atoms with van der Waals surface area (Å²) in [6.45, 7) is 4.89. The highest BCUT2D eigenvalue weighted by atomic mass is 19.1. The highest BCUT2D eigenvalue weighted by molar-refractivity contribution is 5.92. The summed E-state index contributed by atoms with van der Waals surface area (Å²) in [4.78, 5) is 19.2. The fourth-order valence-corrected chi connectivity index (χ4v) is 6.05. The summed E-state index contributed by atoms with van der Waals surface area (Å²) in [5.74, 6) is -0.0158. The van der Waals surface area contributed by atoms with Gasteiger partial charge >= 0.3 is 5.97 Å². The molecule has 0 spiro atoms. The van der Waals surface area contributed by atoms with Crippen molar-refractivity contribution in [3.8, 4) is 5.69 Å². The average Bonchev–Trinajstić information content (AvgIpc) is 3.23. The van der Waals surface area contributed by atoms with Crippen LogP contribution in [-0.4, -0.2) is 63.6 Å². The monoisotopic (exact) mass is 492 g/mol. The van der Waals surface area contributed by atoms with Gasteiger partial charge < -0.3 is 14.7 Å². The minimum absolute atomic E-state index is 0.0468. The molecule has 1 aliphatic carbocycles. The topological polar surface area (TPSA) is 80.5 Å². The zero-order valence-corrected chi connectivity index (χ0v) is 20.5. The molecule has 3 aromatic rings. The van der Waals surface area contributed by atoms with Crippen molar-refractivity contribution < 1.29 is 19.0 Å². The number of fused-ring (bicyclic) bond motifs is 1. The molecule has 0 amide bonds. The summed E-state index contributed by atoms with van der Waals surface area (Å²) in [7, 11) is 0. The molecule has 0 unspecified atom stereocenters. The lowest BCUT2D eigenvalue weighted by molar-refractivity contribution is 0.0488. The average molecular weight is 493 g/mol. The normalized spacial score (nSPS) is 20.6. The maximum Gasteiger partial charge on any atom is 0.354 e. The highest BCUT2D eigenvalue weighted by Crippen LogP contribution is 2.43. The first-order chi connectivity index (χ1) is 17.6. The van der Waals surface area contributed by atoms with E-state index in [9.17, 15) is 14.3 Å². The van der Waals surface area contributed by atoms with Crippen LogP contribution in [0.1, 0.15) is 78.5 Å². The van der Waals surface area contributed by atoms with Crippen molar-refractivity contribution in [1.82, 2.24) is 19.7 Å². The van der Waals surface area contributed by atoms with Crippen molar-refractivity contribution in [1.29, 1.82) is 0 Å². The molecule has 0 radical (unpaired) electrons. The molecule has 2 aliphatic heterocycles. The molecule has 2 saturated heterocycles. The van der Waals surface area contributed by atoms with Crippen LogP contribution in [0.4, 0.5) is 4.39 Å². The number of carboxylic acids is 1. The van der Waals surface area contributed by atoms with Crippen LogP contribution in [0.5, 0.6) is 0 Å². The van der Waals surface area contributed by atoms with Gasteiger partial charge in [0.15, 0.2) is 11.3 Å². The molecule has 2 aromatic heterocycles. The number of halogens is 1. The maximum atomic E-state index is 13.6. The maximum absolute atomic E-state index is 13.6. The third-order valence-electron chi connectivity index (χ3n) is 8.36. The van der Waals surface area contributed by atoms with Gasteiger partial charge in [0.1, 0.15) is 5.82 Å². The quantitative estimate of drug-likeness (QED) is 0.514. The van der Waals surface area contributed by atoms with Crippen LogP contribution in [-0.2, 0) is 4.74 Å². The van der Waals surface area contributed by atoms with E-state index in [4.69, 9.17) is 9.84 Å². The number of rotatable bonds is 6. The zero-order chi connectivity index (χ0) is 24.6. The highest BCUT2D eigenvalue weighted by Gasteiger charge is 2.32. The van der Waals surface area contributed by atoms with Gasteiger partial charge in [-0.1, -0.05) is 6.42 Å². The number of hydrogen-bond acceptors (Lipinski definition) is 5. The van der Waals surface area contributed by atoms with E-state index in [1.165, 1.54) is 18.6 Å². The number of piperidine rings is 1. The molecule has 1 N–H and O–H groups in total. The molecular weight excluding hydrogens is 459 g/mol. The van der Waals surface area contributed by atoms with Crippen LogP contribution in [0.3, 0.4) is 0 Å². The fraction of sp³-hybridized carbons (Fsp3) is 0.536. The van der Waals surface area contributed by atoms with E-state index in [1.54, 1.807) is 22.9 Å². The number of pyridine rings is 1. The number of aromatic carboxylic acids is 1. The molecule has 1 aromatic carbocycles. The second-order valence-corrected chi connectivity index (χ2v) is 10.6. The van der Waals surface area contributed by atoms with E-state index in [-0.39, 0.29) is 17.4 Å². The van der Waals surface area contributed by atoms with Crippen LogP contribution in [0, 0.1) is 11.7 Å². The minimum Gasteiger partial charge on any atom is -0.477 e. The largest absolute Gasteiger partial charge is 0.477 e. The van der Waals surface area contributed by atoms with Crippen LogP contribution >= 0.6 is 0 Å². The van der Waals surface area contributed by atoms with Crippen LogP contribution < -0.4 is 0 Å². The Bertz CT molecular complexity index is 1240.